The summed E-state index contributed by atoms with van der Waals surface area (Å²) in [7, 11) is 2.80. The molecular formula is C20H19F4NO3. The van der Waals surface area contributed by atoms with Crippen LogP contribution >= 0.6 is 0 Å². The van der Waals surface area contributed by atoms with Gasteiger partial charge in [0, 0.05) is 18.7 Å². The van der Waals surface area contributed by atoms with E-state index in [0.717, 1.165) is 12.1 Å². The van der Waals surface area contributed by atoms with E-state index in [-0.39, 0.29) is 17.1 Å². The van der Waals surface area contributed by atoms with Crippen molar-refractivity contribution in [3.05, 3.63) is 65.2 Å². The van der Waals surface area contributed by atoms with Crippen LogP contribution in [0.5, 0.6) is 11.5 Å². The van der Waals surface area contributed by atoms with E-state index < -0.39 is 30.2 Å². The van der Waals surface area contributed by atoms with Crippen LogP contribution in [0.3, 0.4) is 0 Å². The maximum absolute atomic E-state index is 13.4. The predicted molar refractivity (Wildman–Crippen MR) is 96.2 cm³/mol. The number of likely N-dealkylation sites (N-methyl/N-ethyl adjacent to an activating group) is 1. The molecule has 0 saturated heterocycles. The second kappa shape index (κ2) is 9.25. The monoisotopic (exact) mass is 397 g/mol. The average molecular weight is 397 g/mol. The lowest BCUT2D eigenvalue weighted by Gasteiger charge is -2.24. The molecule has 0 fully saturated rings. The van der Waals surface area contributed by atoms with Crippen LogP contribution in [0.25, 0.3) is 6.08 Å². The first-order chi connectivity index (χ1) is 13.2. The lowest BCUT2D eigenvalue weighted by molar-refractivity contribution is -0.126. The van der Waals surface area contributed by atoms with E-state index in [1.54, 1.807) is 13.0 Å². The molecule has 0 radical (unpaired) electrons. The highest BCUT2D eigenvalue weighted by atomic mass is 19.3. The van der Waals surface area contributed by atoms with Crippen molar-refractivity contribution in [2.24, 2.45) is 0 Å². The SMILES string of the molecule is COc1cccc(/C=C/C(=O)N(C)C(C)c2ccc(F)c(F)c2)c1OC(F)F. The molecule has 2 aromatic carbocycles. The number of hydrogen-bond donors (Lipinski definition) is 0. The summed E-state index contributed by atoms with van der Waals surface area (Å²) in [6.07, 6.45) is 2.49. The molecule has 0 bridgehead atoms. The molecule has 28 heavy (non-hydrogen) atoms. The Labute approximate surface area is 160 Å². The van der Waals surface area contributed by atoms with Gasteiger partial charge in [-0.2, -0.15) is 8.78 Å². The van der Waals surface area contributed by atoms with Gasteiger partial charge in [-0.3, -0.25) is 4.79 Å². The van der Waals surface area contributed by atoms with Crippen molar-refractivity contribution in [2.45, 2.75) is 19.6 Å². The first-order valence-electron chi connectivity index (χ1n) is 8.26. The van der Waals surface area contributed by atoms with Gasteiger partial charge in [-0.25, -0.2) is 8.78 Å². The van der Waals surface area contributed by atoms with Crippen molar-refractivity contribution in [2.75, 3.05) is 14.2 Å². The highest BCUT2D eigenvalue weighted by Crippen LogP contribution is 2.33. The summed E-state index contributed by atoms with van der Waals surface area (Å²) >= 11 is 0. The smallest absolute Gasteiger partial charge is 0.387 e. The molecule has 0 heterocycles. The fourth-order valence-corrected chi connectivity index (χ4v) is 2.51. The molecule has 0 aliphatic heterocycles. The Balaban J connectivity index is 2.21. The van der Waals surface area contributed by atoms with Crippen molar-refractivity contribution in [3.63, 3.8) is 0 Å². The molecule has 0 N–H and O–H groups in total. The van der Waals surface area contributed by atoms with E-state index in [2.05, 4.69) is 4.74 Å². The highest BCUT2D eigenvalue weighted by molar-refractivity contribution is 5.92. The van der Waals surface area contributed by atoms with Crippen LogP contribution in [-0.2, 0) is 4.79 Å². The largest absolute Gasteiger partial charge is 0.493 e. The number of benzene rings is 2. The standard InChI is InChI=1S/C20H19F4NO3/c1-12(14-7-9-15(21)16(22)11-14)25(2)18(26)10-8-13-5-4-6-17(27-3)19(13)28-20(23)24/h4-12,20H,1-3H3/b10-8+. The van der Waals surface area contributed by atoms with Gasteiger partial charge in [-0.1, -0.05) is 18.2 Å². The number of para-hydroxylation sites is 1. The van der Waals surface area contributed by atoms with Crippen molar-refractivity contribution < 1.29 is 31.8 Å². The predicted octanol–water partition coefficient (Wildman–Crippen LogP) is 4.81. The second-order valence-electron chi connectivity index (χ2n) is 5.89. The van der Waals surface area contributed by atoms with Gasteiger partial charge in [0.05, 0.1) is 13.2 Å². The molecule has 2 rings (SSSR count). The normalized spacial score (nSPS) is 12.3. The van der Waals surface area contributed by atoms with Crippen LogP contribution in [0, 0.1) is 11.6 Å². The van der Waals surface area contributed by atoms with Gasteiger partial charge >= 0.3 is 6.61 Å². The van der Waals surface area contributed by atoms with Crippen molar-refractivity contribution in [1.82, 2.24) is 4.90 Å². The summed E-state index contributed by atoms with van der Waals surface area (Å²) in [6, 6.07) is 7.34. The zero-order chi connectivity index (χ0) is 20.8. The van der Waals surface area contributed by atoms with Gasteiger partial charge in [-0.15, -0.1) is 0 Å². The van der Waals surface area contributed by atoms with Crippen LogP contribution in [0.4, 0.5) is 17.6 Å². The van der Waals surface area contributed by atoms with E-state index in [1.807, 2.05) is 0 Å². The summed E-state index contributed by atoms with van der Waals surface area (Å²) < 4.78 is 61.3. The van der Waals surface area contributed by atoms with Crippen molar-refractivity contribution >= 4 is 12.0 Å². The molecule has 2 aromatic rings. The number of rotatable bonds is 7. The van der Waals surface area contributed by atoms with Gasteiger partial charge < -0.3 is 14.4 Å². The van der Waals surface area contributed by atoms with E-state index in [0.29, 0.717) is 5.56 Å². The number of hydrogen-bond acceptors (Lipinski definition) is 3. The molecular weight excluding hydrogens is 378 g/mol. The number of methoxy groups -OCH3 is 1. The summed E-state index contributed by atoms with van der Waals surface area (Å²) in [5.74, 6) is -2.55. The van der Waals surface area contributed by atoms with E-state index in [1.165, 1.54) is 49.4 Å². The third-order valence-corrected chi connectivity index (χ3v) is 4.20. The second-order valence-corrected chi connectivity index (χ2v) is 5.89. The van der Waals surface area contributed by atoms with E-state index >= 15 is 0 Å². The van der Waals surface area contributed by atoms with Gasteiger partial charge in [-0.05, 0) is 36.8 Å². The van der Waals surface area contributed by atoms with Gasteiger partial charge in [0.2, 0.25) is 5.91 Å². The molecule has 0 saturated carbocycles. The Morgan fingerprint density at radius 3 is 2.46 bits per heavy atom. The first kappa shape index (κ1) is 21.3. The quantitative estimate of drug-likeness (QED) is 0.497. The topological polar surface area (TPSA) is 38.8 Å². The van der Waals surface area contributed by atoms with Crippen molar-refractivity contribution in [1.29, 1.82) is 0 Å². The maximum atomic E-state index is 13.4. The molecule has 1 amide bonds. The molecule has 4 nitrogen and oxygen atoms in total. The number of carbonyl (C=O) groups excluding carboxylic acids is 1. The third kappa shape index (κ3) is 5.03. The fraction of sp³-hybridized carbons (Fsp3) is 0.250. The minimum Gasteiger partial charge on any atom is -0.493 e. The Morgan fingerprint density at radius 1 is 1.14 bits per heavy atom. The van der Waals surface area contributed by atoms with Gasteiger partial charge in [0.15, 0.2) is 23.1 Å². The molecule has 8 heteroatoms. The Hall–Kier alpha value is -3.03. The summed E-state index contributed by atoms with van der Waals surface area (Å²) in [6.45, 7) is -1.41. The first-order valence-corrected chi connectivity index (χ1v) is 8.26. The average Bonchev–Trinajstić information content (AvgIpc) is 2.67. The molecule has 1 atom stereocenters. The van der Waals surface area contributed by atoms with Crippen LogP contribution in [0.2, 0.25) is 0 Å². The number of nitrogens with zero attached hydrogens (tertiary/aromatic N) is 1. The number of carbonyl (C=O) groups is 1. The van der Waals surface area contributed by atoms with Crippen LogP contribution < -0.4 is 9.47 Å². The minimum absolute atomic E-state index is 0.0957. The summed E-state index contributed by atoms with van der Waals surface area (Å²) in [5, 5.41) is 0. The lowest BCUT2D eigenvalue weighted by atomic mass is 10.1. The molecule has 150 valence electrons. The highest BCUT2D eigenvalue weighted by Gasteiger charge is 2.18. The number of amides is 1. The molecule has 0 aromatic heterocycles. The summed E-state index contributed by atoms with van der Waals surface area (Å²) in [4.78, 5) is 13.7. The molecule has 0 spiro atoms. The van der Waals surface area contributed by atoms with Crippen LogP contribution in [-0.4, -0.2) is 31.6 Å². The van der Waals surface area contributed by atoms with Crippen molar-refractivity contribution in [3.8, 4) is 11.5 Å². The number of halogens is 4. The Kier molecular flexibility index (Phi) is 7.03. The summed E-state index contributed by atoms with van der Waals surface area (Å²) in [5.41, 5.74) is 0.633. The van der Waals surface area contributed by atoms with Gasteiger partial charge in [0.25, 0.3) is 0 Å². The van der Waals surface area contributed by atoms with E-state index in [9.17, 15) is 22.4 Å². The molecule has 1 unspecified atom stereocenters. The lowest BCUT2D eigenvalue weighted by Crippen LogP contribution is -2.28. The molecule has 0 aliphatic rings. The fourth-order valence-electron chi connectivity index (χ4n) is 2.51. The Morgan fingerprint density at radius 2 is 1.86 bits per heavy atom. The Bertz CT molecular complexity index is 871. The zero-order valence-corrected chi connectivity index (χ0v) is 15.5. The van der Waals surface area contributed by atoms with E-state index in [4.69, 9.17) is 4.74 Å². The number of ether oxygens (including phenoxy) is 2. The number of alkyl halides is 2. The van der Waals surface area contributed by atoms with Crippen LogP contribution in [0.15, 0.2) is 42.5 Å². The van der Waals surface area contributed by atoms with Crippen LogP contribution in [0.1, 0.15) is 24.1 Å². The molecule has 0 aliphatic carbocycles. The third-order valence-electron chi connectivity index (χ3n) is 4.20. The minimum atomic E-state index is -3.06. The maximum Gasteiger partial charge on any atom is 0.387 e. The zero-order valence-electron chi connectivity index (χ0n) is 15.5. The van der Waals surface area contributed by atoms with Gasteiger partial charge in [0.1, 0.15) is 0 Å².